The van der Waals surface area contributed by atoms with Gasteiger partial charge in [-0.1, -0.05) is 207 Å². The van der Waals surface area contributed by atoms with Gasteiger partial charge in [-0.25, -0.2) is 9.59 Å². The molecule has 0 saturated carbocycles. The summed E-state index contributed by atoms with van der Waals surface area (Å²) in [5, 5.41) is 0. The molecule has 0 spiro atoms. The highest BCUT2D eigenvalue weighted by Gasteiger charge is 2.20. The molecule has 0 saturated heterocycles. The Morgan fingerprint density at radius 1 is 0.413 bits per heavy atom. The van der Waals surface area contributed by atoms with Crippen LogP contribution in [0.15, 0.2) is 25.3 Å². The van der Waals surface area contributed by atoms with Crippen LogP contribution in [0.5, 0.6) is 0 Å². The maximum absolute atomic E-state index is 11.1. The third kappa shape index (κ3) is 31.0. The summed E-state index contributed by atoms with van der Waals surface area (Å²) in [7, 11) is 0. The minimum absolute atomic E-state index is 0.302. The fraction of sp³-hybridized carbons (Fsp3) is 0.857. The highest BCUT2D eigenvalue weighted by atomic mass is 16.5. The summed E-state index contributed by atoms with van der Waals surface area (Å²) < 4.78 is 10.1. The molecule has 4 nitrogen and oxygen atoms in total. The molecule has 46 heavy (non-hydrogen) atoms. The Labute approximate surface area is 287 Å². The van der Waals surface area contributed by atoms with Gasteiger partial charge in [0.1, 0.15) is 0 Å². The van der Waals surface area contributed by atoms with Crippen LogP contribution in [0.4, 0.5) is 0 Å². The van der Waals surface area contributed by atoms with Crippen molar-refractivity contribution in [1.29, 1.82) is 0 Å². The van der Waals surface area contributed by atoms with E-state index in [9.17, 15) is 9.59 Å². The van der Waals surface area contributed by atoms with E-state index in [4.69, 9.17) is 9.47 Å². The van der Waals surface area contributed by atoms with Crippen molar-refractivity contribution in [3.63, 3.8) is 0 Å². The van der Waals surface area contributed by atoms with E-state index < -0.39 is 0 Å². The molecule has 4 heteroatoms. The molecule has 0 aliphatic carbocycles. The summed E-state index contributed by atoms with van der Waals surface area (Å²) in [5.41, 5.74) is 0. The Balaban J connectivity index is 4.36. The van der Waals surface area contributed by atoms with E-state index in [-0.39, 0.29) is 11.9 Å². The zero-order valence-corrected chi connectivity index (χ0v) is 31.0. The molecule has 0 aliphatic heterocycles. The summed E-state index contributed by atoms with van der Waals surface area (Å²) in [5.74, 6) is 1.28. The fourth-order valence-electron chi connectivity index (χ4n) is 6.85. The van der Waals surface area contributed by atoms with Crippen molar-refractivity contribution in [3.8, 4) is 0 Å². The molecule has 0 N–H and O–H groups in total. The Morgan fingerprint density at radius 2 is 0.652 bits per heavy atom. The number of hydrogen-bond donors (Lipinski definition) is 0. The number of unbranched alkanes of at least 4 members (excludes halogenated alkanes) is 22. The van der Waals surface area contributed by atoms with Gasteiger partial charge in [0.05, 0.1) is 13.2 Å². The number of carbonyl (C=O) groups is 2. The van der Waals surface area contributed by atoms with Gasteiger partial charge in [0.15, 0.2) is 0 Å². The minimum atomic E-state index is -0.302. The van der Waals surface area contributed by atoms with Crippen molar-refractivity contribution in [1.82, 2.24) is 0 Å². The molecule has 0 aromatic heterocycles. The first-order chi connectivity index (χ1) is 22.6. The van der Waals surface area contributed by atoms with Crippen LogP contribution < -0.4 is 0 Å². The van der Waals surface area contributed by atoms with Gasteiger partial charge in [-0.05, 0) is 24.7 Å². The molecular formula is C42H78O4. The second kappa shape index (κ2) is 36.3. The predicted molar refractivity (Wildman–Crippen MR) is 199 cm³/mol. The summed E-state index contributed by atoms with van der Waals surface area (Å²) >= 11 is 0. The lowest BCUT2D eigenvalue weighted by Gasteiger charge is -2.28. The fourth-order valence-corrected chi connectivity index (χ4v) is 6.85. The highest BCUT2D eigenvalue weighted by molar-refractivity contribution is 5.81. The molecule has 270 valence electrons. The van der Waals surface area contributed by atoms with Crippen LogP contribution in [0.25, 0.3) is 0 Å². The lowest BCUT2D eigenvalue weighted by atomic mass is 9.78. The van der Waals surface area contributed by atoms with E-state index in [1.165, 1.54) is 179 Å². The maximum Gasteiger partial charge on any atom is 0.330 e. The first-order valence-electron chi connectivity index (χ1n) is 20.2. The monoisotopic (exact) mass is 647 g/mol. The number of rotatable bonds is 37. The Morgan fingerprint density at radius 3 is 0.913 bits per heavy atom. The highest BCUT2D eigenvalue weighted by Crippen LogP contribution is 2.33. The van der Waals surface area contributed by atoms with Crippen LogP contribution >= 0.6 is 0 Å². The van der Waals surface area contributed by atoms with Crippen molar-refractivity contribution in [2.75, 3.05) is 13.2 Å². The standard InChI is InChI=1S/C42H78O4/c1-5-9-11-27-33-39(35-29-23-19-15-13-17-21-25-31-37-45-41(43)7-3)40(34-28-12-10-6-2)36-30-24-20-16-14-18-22-26-32-38-46-42(44)8-4/h7-8,39-40H,3-6,9-38H2,1-2H3. The average Bonchev–Trinajstić information content (AvgIpc) is 3.07. The molecule has 0 aromatic carbocycles. The summed E-state index contributed by atoms with van der Waals surface area (Å²) in [4.78, 5) is 22.2. The smallest absolute Gasteiger partial charge is 0.330 e. The topological polar surface area (TPSA) is 52.6 Å². The number of esters is 2. The molecule has 0 rings (SSSR count). The Hall–Kier alpha value is -1.58. The van der Waals surface area contributed by atoms with Crippen LogP contribution in [0.2, 0.25) is 0 Å². The van der Waals surface area contributed by atoms with E-state index >= 15 is 0 Å². The van der Waals surface area contributed by atoms with Crippen molar-refractivity contribution < 1.29 is 19.1 Å². The normalized spacial score (nSPS) is 12.5. The van der Waals surface area contributed by atoms with Gasteiger partial charge >= 0.3 is 11.9 Å². The molecule has 0 radical (unpaired) electrons. The molecule has 0 fully saturated rings. The molecule has 2 atom stereocenters. The Kier molecular flexibility index (Phi) is 35.0. The van der Waals surface area contributed by atoms with Crippen LogP contribution in [0, 0.1) is 11.8 Å². The molecule has 2 unspecified atom stereocenters. The van der Waals surface area contributed by atoms with Gasteiger partial charge in [0, 0.05) is 12.2 Å². The average molecular weight is 647 g/mol. The van der Waals surface area contributed by atoms with Crippen molar-refractivity contribution in [2.45, 2.75) is 206 Å². The Bertz CT molecular complexity index is 629. The zero-order chi connectivity index (χ0) is 33.8. The summed E-state index contributed by atoms with van der Waals surface area (Å²) in [6.07, 6.45) is 42.8. The van der Waals surface area contributed by atoms with Crippen LogP contribution in [0.3, 0.4) is 0 Å². The quantitative estimate of drug-likeness (QED) is 0.0383. The molecule has 0 heterocycles. The van der Waals surface area contributed by atoms with Crippen molar-refractivity contribution >= 4 is 11.9 Å². The number of ether oxygens (including phenoxy) is 2. The largest absolute Gasteiger partial charge is 0.463 e. The second-order valence-corrected chi connectivity index (χ2v) is 13.9. The van der Waals surface area contributed by atoms with E-state index in [1.54, 1.807) is 0 Å². The third-order valence-corrected chi connectivity index (χ3v) is 9.78. The SMILES string of the molecule is C=CC(=O)OCCCCCCCCCCCC(CCCCCC)C(CCCCCC)CCCCCCCCCCCOC(=O)C=C. The molecule has 0 aliphatic rings. The van der Waals surface area contributed by atoms with Gasteiger partial charge in [-0.3, -0.25) is 0 Å². The van der Waals surface area contributed by atoms with Crippen LogP contribution in [-0.4, -0.2) is 25.2 Å². The molecule has 0 aromatic rings. The van der Waals surface area contributed by atoms with Gasteiger partial charge in [-0.2, -0.15) is 0 Å². The first kappa shape index (κ1) is 44.4. The summed E-state index contributed by atoms with van der Waals surface area (Å²) in [6.45, 7) is 12.6. The van der Waals surface area contributed by atoms with Gasteiger partial charge < -0.3 is 9.47 Å². The van der Waals surface area contributed by atoms with Crippen molar-refractivity contribution in [2.24, 2.45) is 11.8 Å². The number of hydrogen-bond acceptors (Lipinski definition) is 4. The van der Waals surface area contributed by atoms with E-state index in [2.05, 4.69) is 27.0 Å². The lowest BCUT2D eigenvalue weighted by Crippen LogP contribution is -2.16. The van der Waals surface area contributed by atoms with Crippen LogP contribution in [-0.2, 0) is 19.1 Å². The zero-order valence-electron chi connectivity index (χ0n) is 31.0. The molecule has 0 amide bonds. The van der Waals surface area contributed by atoms with Gasteiger partial charge in [0.25, 0.3) is 0 Å². The maximum atomic E-state index is 11.1. The van der Waals surface area contributed by atoms with E-state index in [0.717, 1.165) is 37.5 Å². The van der Waals surface area contributed by atoms with Crippen LogP contribution in [0.1, 0.15) is 206 Å². The van der Waals surface area contributed by atoms with Gasteiger partial charge in [-0.15, -0.1) is 0 Å². The molecular weight excluding hydrogens is 568 g/mol. The van der Waals surface area contributed by atoms with E-state index in [1.807, 2.05) is 0 Å². The minimum Gasteiger partial charge on any atom is -0.463 e. The van der Waals surface area contributed by atoms with Gasteiger partial charge in [0.2, 0.25) is 0 Å². The number of carbonyl (C=O) groups excluding carboxylic acids is 2. The molecule has 0 bridgehead atoms. The predicted octanol–water partition coefficient (Wildman–Crippen LogP) is 13.4. The van der Waals surface area contributed by atoms with Crippen molar-refractivity contribution in [3.05, 3.63) is 25.3 Å². The van der Waals surface area contributed by atoms with E-state index in [0.29, 0.717) is 13.2 Å². The summed E-state index contributed by atoms with van der Waals surface area (Å²) in [6, 6.07) is 0. The second-order valence-electron chi connectivity index (χ2n) is 13.9. The lowest BCUT2D eigenvalue weighted by molar-refractivity contribution is -0.138. The third-order valence-electron chi connectivity index (χ3n) is 9.78. The first-order valence-corrected chi connectivity index (χ1v) is 20.2.